The minimum Gasteiger partial charge on any atom is -0.441 e. The molecule has 0 saturated heterocycles. The zero-order valence-corrected chi connectivity index (χ0v) is 9.82. The Morgan fingerprint density at radius 2 is 2.39 bits per heavy atom. The smallest absolute Gasteiger partial charge is 0.419 e. The third-order valence-corrected chi connectivity index (χ3v) is 3.11. The van der Waals surface area contributed by atoms with Crippen LogP contribution in [0.15, 0.2) is 37.1 Å². The maximum absolute atomic E-state index is 11.9. The van der Waals surface area contributed by atoms with Crippen LogP contribution in [0.4, 0.5) is 4.79 Å². The van der Waals surface area contributed by atoms with Crippen molar-refractivity contribution in [3.63, 3.8) is 0 Å². The molecule has 0 saturated carbocycles. The number of aromatic nitrogens is 3. The number of carbonyl (C=O) groups excluding carboxylic acids is 1. The van der Waals surface area contributed by atoms with E-state index in [4.69, 9.17) is 4.74 Å². The van der Waals surface area contributed by atoms with Gasteiger partial charge in [0.25, 0.3) is 0 Å². The molecule has 0 fully saturated rings. The summed E-state index contributed by atoms with van der Waals surface area (Å²) in [6.45, 7) is 0. The van der Waals surface area contributed by atoms with Crippen molar-refractivity contribution in [2.45, 2.75) is 25.4 Å². The zero-order valence-electron chi connectivity index (χ0n) is 9.82. The van der Waals surface area contributed by atoms with E-state index in [1.807, 2.05) is 12.1 Å². The second-order valence-electron chi connectivity index (χ2n) is 4.27. The highest BCUT2D eigenvalue weighted by Crippen LogP contribution is 2.31. The van der Waals surface area contributed by atoms with Gasteiger partial charge in [-0.2, -0.15) is 0 Å². The molecule has 1 unspecified atom stereocenters. The van der Waals surface area contributed by atoms with Crippen molar-refractivity contribution in [3.05, 3.63) is 48.3 Å². The number of imidazole rings is 1. The molecular weight excluding hydrogens is 230 g/mol. The summed E-state index contributed by atoms with van der Waals surface area (Å²) in [6.07, 6.45) is 8.55. The van der Waals surface area contributed by atoms with Crippen LogP contribution in [-0.2, 0) is 11.2 Å². The van der Waals surface area contributed by atoms with Crippen LogP contribution in [0.1, 0.15) is 30.2 Å². The van der Waals surface area contributed by atoms with E-state index in [1.165, 1.54) is 10.9 Å². The molecule has 0 aliphatic heterocycles. The molecule has 0 aromatic carbocycles. The summed E-state index contributed by atoms with van der Waals surface area (Å²) in [7, 11) is 0. The van der Waals surface area contributed by atoms with E-state index < -0.39 is 6.09 Å². The molecule has 5 heteroatoms. The highest BCUT2D eigenvalue weighted by molar-refractivity contribution is 5.70. The van der Waals surface area contributed by atoms with Crippen LogP contribution in [-0.4, -0.2) is 20.6 Å². The van der Waals surface area contributed by atoms with Crippen LogP contribution in [0, 0.1) is 0 Å². The van der Waals surface area contributed by atoms with Crippen molar-refractivity contribution in [2.24, 2.45) is 0 Å². The number of carbonyl (C=O) groups is 1. The Labute approximate surface area is 104 Å². The number of pyridine rings is 1. The van der Waals surface area contributed by atoms with Crippen LogP contribution >= 0.6 is 0 Å². The highest BCUT2D eigenvalue weighted by atomic mass is 16.6. The van der Waals surface area contributed by atoms with E-state index in [9.17, 15) is 4.79 Å². The van der Waals surface area contributed by atoms with E-state index in [0.29, 0.717) is 0 Å². The van der Waals surface area contributed by atoms with Gasteiger partial charge >= 0.3 is 6.09 Å². The van der Waals surface area contributed by atoms with Crippen molar-refractivity contribution in [1.29, 1.82) is 0 Å². The van der Waals surface area contributed by atoms with Gasteiger partial charge in [0.15, 0.2) is 0 Å². The van der Waals surface area contributed by atoms with Crippen LogP contribution in [0.5, 0.6) is 0 Å². The Balaban J connectivity index is 1.80. The quantitative estimate of drug-likeness (QED) is 0.771. The fraction of sp³-hybridized carbons (Fsp3) is 0.308. The van der Waals surface area contributed by atoms with Gasteiger partial charge in [-0.05, 0) is 25.3 Å². The Kier molecular flexibility index (Phi) is 2.80. The molecule has 0 bridgehead atoms. The summed E-state index contributed by atoms with van der Waals surface area (Å²) in [5.74, 6) is 0. The highest BCUT2D eigenvalue weighted by Gasteiger charge is 2.24. The van der Waals surface area contributed by atoms with Crippen molar-refractivity contribution in [3.8, 4) is 0 Å². The maximum atomic E-state index is 11.9. The third-order valence-electron chi connectivity index (χ3n) is 3.11. The molecule has 92 valence electrons. The van der Waals surface area contributed by atoms with Gasteiger partial charge < -0.3 is 4.74 Å². The molecule has 0 radical (unpaired) electrons. The van der Waals surface area contributed by atoms with Gasteiger partial charge in [0.2, 0.25) is 0 Å². The van der Waals surface area contributed by atoms with Crippen molar-refractivity contribution >= 4 is 6.09 Å². The Morgan fingerprint density at radius 3 is 3.22 bits per heavy atom. The van der Waals surface area contributed by atoms with E-state index in [2.05, 4.69) is 9.97 Å². The summed E-state index contributed by atoms with van der Waals surface area (Å²) < 4.78 is 6.84. The summed E-state index contributed by atoms with van der Waals surface area (Å²) in [4.78, 5) is 20.0. The van der Waals surface area contributed by atoms with Crippen LogP contribution < -0.4 is 0 Å². The summed E-state index contributed by atoms with van der Waals surface area (Å²) in [5, 5.41) is 0. The maximum Gasteiger partial charge on any atom is 0.419 e. The van der Waals surface area contributed by atoms with Crippen LogP contribution in [0.25, 0.3) is 0 Å². The summed E-state index contributed by atoms with van der Waals surface area (Å²) in [5.41, 5.74) is 2.06. The average molecular weight is 243 g/mol. The second-order valence-corrected chi connectivity index (χ2v) is 4.27. The molecule has 1 aliphatic rings. The molecular formula is C13H13N3O2. The normalized spacial score (nSPS) is 18.1. The average Bonchev–Trinajstić information content (AvgIpc) is 2.93. The Bertz CT molecular complexity index is 551. The lowest BCUT2D eigenvalue weighted by atomic mass is 9.93. The van der Waals surface area contributed by atoms with Gasteiger partial charge in [0.05, 0.1) is 0 Å². The zero-order chi connectivity index (χ0) is 12.4. The fourth-order valence-electron chi connectivity index (χ4n) is 2.23. The van der Waals surface area contributed by atoms with E-state index in [1.54, 1.807) is 18.6 Å². The predicted molar refractivity (Wildman–Crippen MR) is 64.0 cm³/mol. The summed E-state index contributed by atoms with van der Waals surface area (Å²) in [6, 6.07) is 3.86. The van der Waals surface area contributed by atoms with Gasteiger partial charge in [-0.3, -0.25) is 4.98 Å². The molecule has 2 aromatic rings. The first-order valence-electron chi connectivity index (χ1n) is 5.97. The summed E-state index contributed by atoms with van der Waals surface area (Å²) >= 11 is 0. The molecule has 0 N–H and O–H groups in total. The molecule has 0 amide bonds. The second kappa shape index (κ2) is 4.60. The van der Waals surface area contributed by atoms with Gasteiger partial charge in [-0.25, -0.2) is 14.3 Å². The molecule has 5 nitrogen and oxygen atoms in total. The molecule has 3 rings (SSSR count). The lowest BCUT2D eigenvalue weighted by Crippen LogP contribution is -2.20. The lowest BCUT2D eigenvalue weighted by Gasteiger charge is -2.24. The van der Waals surface area contributed by atoms with Crippen LogP contribution in [0.3, 0.4) is 0 Å². The predicted octanol–water partition coefficient (Wildman–Crippen LogP) is 2.34. The molecule has 2 aromatic heterocycles. The van der Waals surface area contributed by atoms with Gasteiger partial charge in [-0.15, -0.1) is 0 Å². The van der Waals surface area contributed by atoms with E-state index >= 15 is 0 Å². The fourth-order valence-corrected chi connectivity index (χ4v) is 2.23. The lowest BCUT2D eigenvalue weighted by molar-refractivity contribution is 0.0881. The Morgan fingerprint density at radius 1 is 1.44 bits per heavy atom. The number of rotatable bonds is 1. The number of nitrogens with zero attached hydrogens (tertiary/aromatic N) is 3. The Hall–Kier alpha value is -2.17. The number of aryl methyl sites for hydroxylation is 1. The number of hydrogen-bond acceptors (Lipinski definition) is 4. The van der Waals surface area contributed by atoms with Crippen molar-refractivity contribution in [1.82, 2.24) is 14.5 Å². The third kappa shape index (κ3) is 1.99. The number of hydrogen-bond donors (Lipinski definition) is 0. The van der Waals surface area contributed by atoms with Crippen molar-refractivity contribution < 1.29 is 9.53 Å². The molecule has 1 atom stereocenters. The minimum atomic E-state index is -0.394. The first-order valence-corrected chi connectivity index (χ1v) is 5.97. The van der Waals surface area contributed by atoms with Gasteiger partial charge in [0.1, 0.15) is 12.4 Å². The van der Waals surface area contributed by atoms with Gasteiger partial charge in [0, 0.05) is 29.8 Å². The standard InChI is InChI=1S/C13H13N3O2/c17-13(16-8-7-14-9-16)18-12-5-1-4-11-10(12)3-2-6-15-11/h2-3,6-9,12H,1,4-5H2. The molecule has 2 heterocycles. The molecule has 18 heavy (non-hydrogen) atoms. The molecule has 1 aliphatic carbocycles. The SMILES string of the molecule is O=C(OC1CCCc2ncccc21)n1ccnc1. The minimum absolute atomic E-state index is 0.197. The number of ether oxygens (including phenoxy) is 1. The molecule has 0 spiro atoms. The van der Waals surface area contributed by atoms with Crippen molar-refractivity contribution in [2.75, 3.05) is 0 Å². The first-order chi connectivity index (χ1) is 8.84. The van der Waals surface area contributed by atoms with Crippen LogP contribution in [0.2, 0.25) is 0 Å². The topological polar surface area (TPSA) is 57.0 Å². The van der Waals surface area contributed by atoms with E-state index in [-0.39, 0.29) is 6.10 Å². The van der Waals surface area contributed by atoms with E-state index in [0.717, 1.165) is 30.5 Å². The monoisotopic (exact) mass is 243 g/mol. The first kappa shape index (κ1) is 11.0. The number of fused-ring (bicyclic) bond motifs is 1. The van der Waals surface area contributed by atoms with Gasteiger partial charge in [-0.1, -0.05) is 6.07 Å². The largest absolute Gasteiger partial charge is 0.441 e.